The quantitative estimate of drug-likeness (QED) is 0.310. The summed E-state index contributed by atoms with van der Waals surface area (Å²) in [5.74, 6) is 0. The van der Waals surface area contributed by atoms with Crippen molar-refractivity contribution in [3.8, 4) is 22.5 Å². The molecule has 4 aromatic rings. The van der Waals surface area contributed by atoms with E-state index in [9.17, 15) is 26.4 Å². The van der Waals surface area contributed by atoms with E-state index in [1.165, 1.54) is 18.0 Å². The molecule has 4 heterocycles. The Morgan fingerprint density at radius 2 is 0.870 bits per heavy atom. The largest absolute Gasteiger partial charge is 0.379 e. The van der Waals surface area contributed by atoms with Crippen LogP contribution in [0.3, 0.4) is 0 Å². The Hall–Kier alpha value is -3.80. The van der Waals surface area contributed by atoms with Gasteiger partial charge in [0, 0.05) is 51.4 Å². The number of aromatic amines is 2. The number of morpholine rings is 2. The predicted molar refractivity (Wildman–Crippen MR) is 172 cm³/mol. The molecule has 0 radical (unpaired) electrons. The van der Waals surface area contributed by atoms with E-state index in [1.807, 2.05) is 0 Å². The second-order valence-corrected chi connectivity index (χ2v) is 14.9. The summed E-state index contributed by atoms with van der Waals surface area (Å²) in [6, 6.07) is 13.2. The Balaban J connectivity index is 0.000000181. The minimum atomic E-state index is -3.50. The van der Waals surface area contributed by atoms with Gasteiger partial charge in [-0.3, -0.25) is 29.2 Å². The van der Waals surface area contributed by atoms with Crippen LogP contribution >= 0.6 is 0 Å². The lowest BCUT2D eigenvalue weighted by Crippen LogP contribution is -2.40. The molecule has 16 heteroatoms. The maximum Gasteiger partial charge on any atom is 0.269 e. The Kier molecular flexibility index (Phi) is 9.86. The Morgan fingerprint density at radius 1 is 0.565 bits per heavy atom. The fourth-order valence-corrected chi connectivity index (χ4v) is 8.16. The van der Waals surface area contributed by atoms with Crippen LogP contribution < -0.4 is 11.1 Å². The van der Waals surface area contributed by atoms with E-state index in [-0.39, 0.29) is 20.9 Å². The van der Waals surface area contributed by atoms with Crippen molar-refractivity contribution in [1.29, 1.82) is 0 Å². The van der Waals surface area contributed by atoms with Crippen LogP contribution in [0.4, 0.5) is 0 Å². The van der Waals surface area contributed by atoms with Crippen molar-refractivity contribution >= 4 is 20.0 Å². The number of aryl methyl sites for hydroxylation is 2. The lowest BCUT2D eigenvalue weighted by molar-refractivity contribution is 0.0730. The molecule has 2 aromatic heterocycles. The fourth-order valence-electron chi connectivity index (χ4n) is 5.34. The van der Waals surface area contributed by atoms with E-state index in [0.717, 1.165) is 11.1 Å². The molecule has 2 aliphatic heterocycles. The number of sulfonamides is 2. The summed E-state index contributed by atoms with van der Waals surface area (Å²) in [6.07, 6.45) is 0. The van der Waals surface area contributed by atoms with Crippen LogP contribution in [-0.4, -0.2) is 97.6 Å². The topological polar surface area (TPSA) is 169 Å². The van der Waals surface area contributed by atoms with Crippen LogP contribution in [0.25, 0.3) is 22.5 Å². The summed E-state index contributed by atoms with van der Waals surface area (Å²) < 4.78 is 66.3. The van der Waals surface area contributed by atoms with Gasteiger partial charge < -0.3 is 9.47 Å². The third kappa shape index (κ3) is 6.67. The van der Waals surface area contributed by atoms with Crippen LogP contribution in [0.2, 0.25) is 0 Å². The minimum absolute atomic E-state index is 0.0926. The number of nitrogens with one attached hydrogen (secondary N) is 2. The second-order valence-electron chi connectivity index (χ2n) is 11.0. The maximum absolute atomic E-state index is 12.6. The van der Waals surface area contributed by atoms with Gasteiger partial charge in [-0.05, 0) is 49.2 Å². The van der Waals surface area contributed by atoms with Crippen molar-refractivity contribution < 1.29 is 26.3 Å². The zero-order chi connectivity index (χ0) is 33.2. The molecule has 2 N–H and O–H groups in total. The van der Waals surface area contributed by atoms with Gasteiger partial charge in [0.05, 0.1) is 47.6 Å². The number of hydrogen-bond donors (Lipinski definition) is 2. The number of ether oxygens (including phenoxy) is 2. The third-order valence-electron chi connectivity index (χ3n) is 8.06. The lowest BCUT2D eigenvalue weighted by Gasteiger charge is -2.26. The number of rotatable bonds is 6. The molecular weight excluding hydrogens is 636 g/mol. The molecule has 0 bridgehead atoms. The lowest BCUT2D eigenvalue weighted by atomic mass is 10.1. The van der Waals surface area contributed by atoms with Gasteiger partial charge in [-0.1, -0.05) is 24.3 Å². The highest BCUT2D eigenvalue weighted by Gasteiger charge is 2.27. The van der Waals surface area contributed by atoms with E-state index in [4.69, 9.17) is 9.47 Å². The number of aromatic nitrogens is 4. The monoisotopic (exact) mass is 674 g/mol. The highest BCUT2D eigenvalue weighted by atomic mass is 32.2. The smallest absolute Gasteiger partial charge is 0.269 e. The first-order chi connectivity index (χ1) is 21.8. The maximum atomic E-state index is 12.6. The average molecular weight is 675 g/mol. The van der Waals surface area contributed by atoms with E-state index in [2.05, 4.69) is 10.2 Å². The van der Waals surface area contributed by atoms with E-state index < -0.39 is 20.0 Å². The van der Waals surface area contributed by atoms with E-state index in [1.54, 1.807) is 76.5 Å². The molecule has 2 aliphatic rings. The van der Waals surface area contributed by atoms with Crippen LogP contribution in [-0.2, 0) is 43.6 Å². The first-order valence-corrected chi connectivity index (χ1v) is 17.6. The molecule has 248 valence electrons. The molecule has 0 unspecified atom stereocenters. The minimum Gasteiger partial charge on any atom is -0.379 e. The highest BCUT2D eigenvalue weighted by Crippen LogP contribution is 2.25. The molecule has 0 amide bonds. The van der Waals surface area contributed by atoms with Gasteiger partial charge in [-0.15, -0.1) is 0 Å². The van der Waals surface area contributed by atoms with Gasteiger partial charge in [0.25, 0.3) is 11.1 Å². The second kappa shape index (κ2) is 13.5. The molecule has 6 rings (SSSR count). The van der Waals surface area contributed by atoms with Gasteiger partial charge in [0.1, 0.15) is 0 Å². The van der Waals surface area contributed by atoms with Crippen LogP contribution in [0.5, 0.6) is 0 Å². The Morgan fingerprint density at radius 3 is 1.13 bits per heavy atom. The SMILES string of the molecule is Cc1c(-c2ccc(S(=O)(=O)N3CCOCC3)cc2)[nH]n(C)c1=O.Cc1c(-c2ccc(S(=O)(=O)N3CCOCC3)cc2)[nH]n(C)c1=O. The van der Waals surface area contributed by atoms with E-state index >= 15 is 0 Å². The molecule has 2 fully saturated rings. The summed E-state index contributed by atoms with van der Waals surface area (Å²) in [6.45, 7) is 6.64. The molecule has 0 spiro atoms. The van der Waals surface area contributed by atoms with Crippen LogP contribution in [0, 0.1) is 13.8 Å². The normalized spacial score (nSPS) is 16.6. The third-order valence-corrected chi connectivity index (χ3v) is 11.9. The number of hydrogen-bond acceptors (Lipinski definition) is 8. The number of nitrogens with zero attached hydrogens (tertiary/aromatic N) is 4. The molecule has 2 aromatic carbocycles. The van der Waals surface area contributed by atoms with Gasteiger partial charge in [-0.25, -0.2) is 16.8 Å². The molecule has 0 atom stereocenters. The molecule has 46 heavy (non-hydrogen) atoms. The molecule has 14 nitrogen and oxygen atoms in total. The van der Waals surface area contributed by atoms with Gasteiger partial charge >= 0.3 is 0 Å². The van der Waals surface area contributed by atoms with Crippen molar-refractivity contribution in [3.05, 3.63) is 80.4 Å². The van der Waals surface area contributed by atoms with E-state index in [0.29, 0.717) is 75.1 Å². The van der Waals surface area contributed by atoms with Crippen molar-refractivity contribution in [2.75, 3.05) is 52.6 Å². The van der Waals surface area contributed by atoms with Gasteiger partial charge in [0.2, 0.25) is 20.0 Å². The zero-order valence-corrected chi connectivity index (χ0v) is 27.8. The first kappa shape index (κ1) is 33.6. The Labute approximate surface area is 267 Å². The predicted octanol–water partition coefficient (Wildman–Crippen LogP) is 1.42. The summed E-state index contributed by atoms with van der Waals surface area (Å²) in [7, 11) is -3.70. The molecule has 0 saturated carbocycles. The fraction of sp³-hybridized carbons (Fsp3) is 0.400. The average Bonchev–Trinajstić information content (AvgIpc) is 3.49. The molecular formula is C30H38N6O8S2. The molecule has 2 saturated heterocycles. The van der Waals surface area contributed by atoms with Crippen molar-refractivity contribution in [3.63, 3.8) is 0 Å². The van der Waals surface area contributed by atoms with Crippen molar-refractivity contribution in [2.24, 2.45) is 14.1 Å². The van der Waals surface area contributed by atoms with Crippen LogP contribution in [0.15, 0.2) is 67.9 Å². The van der Waals surface area contributed by atoms with Crippen molar-refractivity contribution in [2.45, 2.75) is 23.6 Å². The first-order valence-electron chi connectivity index (χ1n) is 14.7. The van der Waals surface area contributed by atoms with Crippen LogP contribution in [0.1, 0.15) is 11.1 Å². The van der Waals surface area contributed by atoms with Gasteiger partial charge in [0.15, 0.2) is 0 Å². The summed E-state index contributed by atoms with van der Waals surface area (Å²) in [4.78, 5) is 24.1. The Bertz CT molecular complexity index is 1870. The van der Waals surface area contributed by atoms with Gasteiger partial charge in [-0.2, -0.15) is 8.61 Å². The summed E-state index contributed by atoms with van der Waals surface area (Å²) in [5, 5.41) is 5.96. The highest BCUT2D eigenvalue weighted by molar-refractivity contribution is 7.89. The zero-order valence-electron chi connectivity index (χ0n) is 26.1. The standard InChI is InChI=1S/2C15H19N3O4S/c2*1-11-14(16-17(2)15(11)19)12-3-5-13(6-4-12)23(20,21)18-7-9-22-10-8-18/h2*3-6,16H,7-10H2,1-2H3. The number of H-pyrrole nitrogens is 2. The summed E-state index contributed by atoms with van der Waals surface area (Å²) >= 11 is 0. The molecule has 0 aliphatic carbocycles. The summed E-state index contributed by atoms with van der Waals surface area (Å²) in [5.41, 5.74) is 3.99. The number of benzene rings is 2. The van der Waals surface area contributed by atoms with Crippen molar-refractivity contribution in [1.82, 2.24) is 28.2 Å².